The van der Waals surface area contributed by atoms with Crippen LogP contribution in [0.2, 0.25) is 0 Å². The Balaban J connectivity index is 2.08. The second-order valence-electron chi connectivity index (χ2n) is 4.93. The molecule has 0 bridgehead atoms. The third kappa shape index (κ3) is 5.36. The van der Waals surface area contributed by atoms with Gasteiger partial charge in [-0.05, 0) is 44.2 Å². The zero-order chi connectivity index (χ0) is 12.7. The van der Waals surface area contributed by atoms with Crippen molar-refractivity contribution in [2.45, 2.75) is 32.6 Å². The van der Waals surface area contributed by atoms with E-state index >= 15 is 0 Å². The van der Waals surface area contributed by atoms with Crippen LogP contribution in [0.3, 0.4) is 0 Å². The van der Waals surface area contributed by atoms with E-state index in [-0.39, 0.29) is 18.1 Å². The van der Waals surface area contributed by atoms with Gasteiger partial charge >= 0.3 is 0 Å². The molecule has 5 heteroatoms. The van der Waals surface area contributed by atoms with Gasteiger partial charge in [0.25, 0.3) is 0 Å². The third-order valence-electron chi connectivity index (χ3n) is 3.71. The molecule has 1 fully saturated rings. The van der Waals surface area contributed by atoms with Crippen LogP contribution in [0.1, 0.15) is 32.6 Å². The number of rotatable bonds is 8. The first-order chi connectivity index (χ1) is 8.09. The number of nitrogens with one attached hydrogen (secondary N) is 1. The Labute approximate surface area is 105 Å². The molecule has 17 heavy (non-hydrogen) atoms. The SMILES string of the molecule is CCS(=O)(=O)CCCNCC1CCCC1CO. The summed E-state index contributed by atoms with van der Waals surface area (Å²) in [4.78, 5) is 0. The predicted octanol–water partition coefficient (Wildman–Crippen LogP) is 0.809. The summed E-state index contributed by atoms with van der Waals surface area (Å²) in [5.41, 5.74) is 0. The summed E-state index contributed by atoms with van der Waals surface area (Å²) < 4.78 is 22.5. The standard InChI is InChI=1S/C12H25NO3S/c1-2-17(15,16)8-4-7-13-9-11-5-3-6-12(11)10-14/h11-14H,2-10H2,1H3. The summed E-state index contributed by atoms with van der Waals surface area (Å²) in [5, 5.41) is 12.5. The molecule has 0 spiro atoms. The van der Waals surface area contributed by atoms with Gasteiger partial charge in [0.1, 0.15) is 9.84 Å². The fourth-order valence-corrected chi connectivity index (χ4v) is 3.34. The maximum absolute atomic E-state index is 11.3. The summed E-state index contributed by atoms with van der Waals surface area (Å²) in [6.07, 6.45) is 4.22. The van der Waals surface area contributed by atoms with E-state index in [0.29, 0.717) is 18.3 Å². The zero-order valence-corrected chi connectivity index (χ0v) is 11.5. The van der Waals surface area contributed by atoms with E-state index in [1.165, 1.54) is 12.8 Å². The van der Waals surface area contributed by atoms with E-state index < -0.39 is 9.84 Å². The third-order valence-corrected chi connectivity index (χ3v) is 5.50. The maximum atomic E-state index is 11.3. The van der Waals surface area contributed by atoms with Gasteiger partial charge in [0, 0.05) is 12.4 Å². The Morgan fingerprint density at radius 3 is 2.65 bits per heavy atom. The Hall–Kier alpha value is -0.130. The molecule has 2 N–H and O–H groups in total. The average Bonchev–Trinajstić information content (AvgIpc) is 2.76. The van der Waals surface area contributed by atoms with Crippen molar-refractivity contribution in [1.82, 2.24) is 5.32 Å². The molecule has 1 saturated carbocycles. The van der Waals surface area contributed by atoms with Gasteiger partial charge in [-0.15, -0.1) is 0 Å². The smallest absolute Gasteiger partial charge is 0.150 e. The summed E-state index contributed by atoms with van der Waals surface area (Å²) in [5.74, 6) is 1.54. The molecule has 0 aromatic heterocycles. The topological polar surface area (TPSA) is 66.4 Å². The van der Waals surface area contributed by atoms with Crippen LogP contribution in [-0.2, 0) is 9.84 Å². The molecule has 0 aromatic carbocycles. The van der Waals surface area contributed by atoms with Gasteiger partial charge in [0.05, 0.1) is 5.75 Å². The van der Waals surface area contributed by atoms with Crippen LogP contribution in [-0.4, -0.2) is 44.7 Å². The van der Waals surface area contributed by atoms with Crippen molar-refractivity contribution in [3.8, 4) is 0 Å². The molecule has 0 amide bonds. The number of hydrogen-bond donors (Lipinski definition) is 2. The Morgan fingerprint density at radius 1 is 1.29 bits per heavy atom. The van der Waals surface area contributed by atoms with Crippen molar-refractivity contribution >= 4 is 9.84 Å². The highest BCUT2D eigenvalue weighted by Gasteiger charge is 2.25. The monoisotopic (exact) mass is 263 g/mol. The predicted molar refractivity (Wildman–Crippen MR) is 69.7 cm³/mol. The fraction of sp³-hybridized carbons (Fsp3) is 1.00. The Bertz CT molecular complexity index is 303. The normalized spacial score (nSPS) is 25.3. The number of sulfone groups is 1. The molecule has 2 unspecified atom stereocenters. The van der Waals surface area contributed by atoms with Gasteiger partial charge < -0.3 is 10.4 Å². The lowest BCUT2D eigenvalue weighted by Gasteiger charge is -2.17. The molecule has 1 rings (SSSR count). The largest absolute Gasteiger partial charge is 0.396 e. The highest BCUT2D eigenvalue weighted by molar-refractivity contribution is 7.91. The highest BCUT2D eigenvalue weighted by Crippen LogP contribution is 2.30. The van der Waals surface area contributed by atoms with Crippen molar-refractivity contribution in [1.29, 1.82) is 0 Å². The molecule has 2 atom stereocenters. The second-order valence-corrected chi connectivity index (χ2v) is 7.40. The Morgan fingerprint density at radius 2 is 2.00 bits per heavy atom. The van der Waals surface area contributed by atoms with Crippen molar-refractivity contribution in [2.75, 3.05) is 31.2 Å². The van der Waals surface area contributed by atoms with Gasteiger partial charge in [-0.3, -0.25) is 0 Å². The first-order valence-corrected chi connectivity index (χ1v) is 8.43. The lowest BCUT2D eigenvalue weighted by atomic mass is 9.97. The molecule has 102 valence electrons. The van der Waals surface area contributed by atoms with Gasteiger partial charge in [0.2, 0.25) is 0 Å². The van der Waals surface area contributed by atoms with E-state index in [0.717, 1.165) is 19.5 Å². The zero-order valence-electron chi connectivity index (χ0n) is 10.7. The molecular weight excluding hydrogens is 238 g/mol. The molecule has 0 aromatic rings. The van der Waals surface area contributed by atoms with Crippen molar-refractivity contribution in [2.24, 2.45) is 11.8 Å². The molecule has 4 nitrogen and oxygen atoms in total. The Kier molecular flexibility index (Phi) is 6.44. The van der Waals surface area contributed by atoms with E-state index in [4.69, 9.17) is 0 Å². The minimum absolute atomic E-state index is 0.238. The highest BCUT2D eigenvalue weighted by atomic mass is 32.2. The lowest BCUT2D eigenvalue weighted by molar-refractivity contribution is 0.192. The fourth-order valence-electron chi connectivity index (χ4n) is 2.47. The molecule has 0 aliphatic heterocycles. The average molecular weight is 263 g/mol. The van der Waals surface area contributed by atoms with E-state index in [2.05, 4.69) is 5.32 Å². The molecular formula is C12H25NO3S. The number of aliphatic hydroxyl groups excluding tert-OH is 1. The minimum Gasteiger partial charge on any atom is -0.396 e. The molecule has 1 aliphatic carbocycles. The molecule has 0 saturated heterocycles. The first-order valence-electron chi connectivity index (χ1n) is 6.61. The van der Waals surface area contributed by atoms with Gasteiger partial charge in [-0.1, -0.05) is 13.3 Å². The maximum Gasteiger partial charge on any atom is 0.150 e. The van der Waals surface area contributed by atoms with Crippen molar-refractivity contribution in [3.63, 3.8) is 0 Å². The van der Waals surface area contributed by atoms with Crippen LogP contribution in [0.15, 0.2) is 0 Å². The van der Waals surface area contributed by atoms with Crippen LogP contribution in [0.5, 0.6) is 0 Å². The molecule has 0 heterocycles. The van der Waals surface area contributed by atoms with E-state index in [9.17, 15) is 13.5 Å². The quantitative estimate of drug-likeness (QED) is 0.636. The second kappa shape index (κ2) is 7.34. The van der Waals surface area contributed by atoms with Gasteiger partial charge in [-0.25, -0.2) is 8.42 Å². The molecule has 1 aliphatic rings. The van der Waals surface area contributed by atoms with Gasteiger partial charge in [-0.2, -0.15) is 0 Å². The summed E-state index contributed by atoms with van der Waals surface area (Å²) in [6.45, 7) is 3.65. The van der Waals surface area contributed by atoms with Crippen molar-refractivity contribution in [3.05, 3.63) is 0 Å². The molecule has 0 radical (unpaired) electrons. The first kappa shape index (κ1) is 14.9. The lowest BCUT2D eigenvalue weighted by Crippen LogP contribution is -2.28. The van der Waals surface area contributed by atoms with E-state index in [1.54, 1.807) is 6.92 Å². The number of aliphatic hydroxyl groups is 1. The number of hydrogen-bond acceptors (Lipinski definition) is 4. The summed E-state index contributed by atoms with van der Waals surface area (Å²) >= 11 is 0. The van der Waals surface area contributed by atoms with E-state index in [1.807, 2.05) is 0 Å². The van der Waals surface area contributed by atoms with Crippen LogP contribution in [0, 0.1) is 11.8 Å². The summed E-state index contributed by atoms with van der Waals surface area (Å²) in [6, 6.07) is 0. The van der Waals surface area contributed by atoms with Crippen LogP contribution >= 0.6 is 0 Å². The summed E-state index contributed by atoms with van der Waals surface area (Å²) in [7, 11) is -2.81. The van der Waals surface area contributed by atoms with Crippen LogP contribution in [0.4, 0.5) is 0 Å². The van der Waals surface area contributed by atoms with Crippen LogP contribution < -0.4 is 5.32 Å². The van der Waals surface area contributed by atoms with Crippen LogP contribution in [0.25, 0.3) is 0 Å². The van der Waals surface area contributed by atoms with Gasteiger partial charge in [0.15, 0.2) is 0 Å². The van der Waals surface area contributed by atoms with Crippen molar-refractivity contribution < 1.29 is 13.5 Å². The minimum atomic E-state index is -2.81.